The van der Waals surface area contributed by atoms with Gasteiger partial charge >= 0.3 is 5.97 Å². The van der Waals surface area contributed by atoms with Crippen LogP contribution in [0.1, 0.15) is 92.9 Å². The van der Waals surface area contributed by atoms with Crippen LogP contribution in [0.15, 0.2) is 23.8 Å². The van der Waals surface area contributed by atoms with Crippen LogP contribution in [0, 0.1) is 44.8 Å². The second kappa shape index (κ2) is 7.23. The Hall–Kier alpha value is -1.17. The smallest absolute Gasteiger partial charge is 0.310 e. The molecule has 5 heteroatoms. The molecule has 0 spiro atoms. The molecule has 0 bridgehead atoms. The predicted molar refractivity (Wildman–Crippen MR) is 135 cm³/mol. The molecule has 0 amide bonds. The molecule has 0 heterocycles. The summed E-state index contributed by atoms with van der Waals surface area (Å²) in [6.45, 7) is 17.1. The van der Waals surface area contributed by atoms with Crippen molar-refractivity contribution in [2.24, 2.45) is 44.8 Å². The molecule has 5 rings (SSSR count). The lowest BCUT2D eigenvalue weighted by Gasteiger charge is -2.72. The summed E-state index contributed by atoms with van der Waals surface area (Å²) in [7, 11) is 0. The SMILES string of the molecule is C=C1CC[C@]2(C(=O)O)CC[C@]3(C)C(=CC[C@@H]4[C@@]5(C)CC[C@H](O)C(C)(C)[C@@H]5[C@H](O)C[C@]43C)[C@@H]2[C@]1(C)O. The van der Waals surface area contributed by atoms with Gasteiger partial charge in [0.1, 0.15) is 0 Å². The number of hydrogen-bond donors (Lipinski definition) is 4. The number of carboxylic acid groups (broad SMARTS) is 1. The van der Waals surface area contributed by atoms with E-state index in [-0.39, 0.29) is 27.6 Å². The van der Waals surface area contributed by atoms with E-state index < -0.39 is 35.1 Å². The van der Waals surface area contributed by atoms with E-state index in [0.29, 0.717) is 31.6 Å². The van der Waals surface area contributed by atoms with Gasteiger partial charge in [0.05, 0.1) is 23.2 Å². The van der Waals surface area contributed by atoms with E-state index >= 15 is 0 Å². The fourth-order valence-corrected chi connectivity index (χ4v) is 10.8. The number of carboxylic acids is 1. The summed E-state index contributed by atoms with van der Waals surface area (Å²) in [5, 5.41) is 44.9. The van der Waals surface area contributed by atoms with Crippen molar-refractivity contribution in [3.63, 3.8) is 0 Å². The molecule has 5 aliphatic rings. The number of allylic oxidation sites excluding steroid dienone is 1. The second-order valence-electron chi connectivity index (χ2n) is 14.5. The van der Waals surface area contributed by atoms with Crippen LogP contribution in [0.5, 0.6) is 0 Å². The first-order valence-corrected chi connectivity index (χ1v) is 13.7. The molecular weight excluding hydrogens is 440 g/mol. The van der Waals surface area contributed by atoms with E-state index in [2.05, 4.69) is 47.3 Å². The fourth-order valence-electron chi connectivity index (χ4n) is 10.8. The topological polar surface area (TPSA) is 98.0 Å². The monoisotopic (exact) mass is 486 g/mol. The van der Waals surface area contributed by atoms with Crippen LogP contribution in [0.25, 0.3) is 0 Å². The van der Waals surface area contributed by atoms with Gasteiger partial charge in [0, 0.05) is 5.92 Å². The molecule has 5 aliphatic carbocycles. The number of rotatable bonds is 1. The average Bonchev–Trinajstić information content (AvgIpc) is 2.74. The van der Waals surface area contributed by atoms with Gasteiger partial charge in [-0.25, -0.2) is 0 Å². The van der Waals surface area contributed by atoms with E-state index in [1.807, 2.05) is 0 Å². The quantitative estimate of drug-likeness (QED) is 0.387. The van der Waals surface area contributed by atoms with Crippen molar-refractivity contribution < 1.29 is 25.2 Å². The van der Waals surface area contributed by atoms with Crippen molar-refractivity contribution in [2.75, 3.05) is 0 Å². The lowest BCUT2D eigenvalue weighted by atomic mass is 9.33. The van der Waals surface area contributed by atoms with Crippen molar-refractivity contribution >= 4 is 5.97 Å². The maximum absolute atomic E-state index is 12.8. The van der Waals surface area contributed by atoms with Crippen molar-refractivity contribution in [2.45, 2.75) is 111 Å². The van der Waals surface area contributed by atoms with Crippen molar-refractivity contribution in [1.82, 2.24) is 0 Å². The molecule has 0 aromatic carbocycles. The van der Waals surface area contributed by atoms with Crippen molar-refractivity contribution in [3.05, 3.63) is 23.8 Å². The minimum absolute atomic E-state index is 0.00893. The Bertz CT molecular complexity index is 995. The van der Waals surface area contributed by atoms with Gasteiger partial charge in [0.15, 0.2) is 0 Å². The third kappa shape index (κ3) is 2.84. The average molecular weight is 487 g/mol. The molecular formula is C30H46O5. The predicted octanol–water partition coefficient (Wildman–Crippen LogP) is 5.10. The largest absolute Gasteiger partial charge is 0.481 e. The van der Waals surface area contributed by atoms with Crippen LogP contribution < -0.4 is 0 Å². The lowest BCUT2D eigenvalue weighted by molar-refractivity contribution is -0.244. The maximum atomic E-state index is 12.8. The summed E-state index contributed by atoms with van der Waals surface area (Å²) in [6, 6.07) is 0. The first-order valence-electron chi connectivity index (χ1n) is 13.7. The first-order chi connectivity index (χ1) is 16.0. The molecule has 4 saturated carbocycles. The number of carbonyl (C=O) groups is 1. The van der Waals surface area contributed by atoms with Crippen LogP contribution in [-0.2, 0) is 4.79 Å². The van der Waals surface area contributed by atoms with Gasteiger partial charge in [-0.3, -0.25) is 4.79 Å². The number of aliphatic hydroxyl groups excluding tert-OH is 2. The molecule has 196 valence electrons. The van der Waals surface area contributed by atoms with Crippen LogP contribution in [0.4, 0.5) is 0 Å². The molecule has 35 heavy (non-hydrogen) atoms. The Morgan fingerprint density at radius 1 is 1.03 bits per heavy atom. The molecule has 0 aliphatic heterocycles. The van der Waals surface area contributed by atoms with E-state index in [1.54, 1.807) is 6.92 Å². The zero-order chi connectivity index (χ0) is 26.0. The summed E-state index contributed by atoms with van der Waals surface area (Å²) >= 11 is 0. The molecule has 0 aromatic rings. The molecule has 0 saturated heterocycles. The highest BCUT2D eigenvalue weighted by Crippen LogP contribution is 2.76. The molecule has 0 unspecified atom stereocenters. The fraction of sp³-hybridized carbons (Fsp3) is 0.833. The third-order valence-corrected chi connectivity index (χ3v) is 12.9. The Morgan fingerprint density at radius 3 is 2.31 bits per heavy atom. The first kappa shape index (κ1) is 25.5. The maximum Gasteiger partial charge on any atom is 0.310 e. The van der Waals surface area contributed by atoms with Gasteiger partial charge in [-0.15, -0.1) is 0 Å². The Morgan fingerprint density at radius 2 is 1.69 bits per heavy atom. The number of hydrogen-bond acceptors (Lipinski definition) is 4. The Labute approximate surface area is 210 Å². The molecule has 0 aromatic heterocycles. The van der Waals surface area contributed by atoms with Gasteiger partial charge in [0.2, 0.25) is 0 Å². The number of aliphatic hydroxyl groups is 3. The summed E-state index contributed by atoms with van der Waals surface area (Å²) in [5.41, 5.74) is -1.49. The highest BCUT2D eigenvalue weighted by Gasteiger charge is 2.72. The van der Waals surface area contributed by atoms with E-state index in [1.165, 1.54) is 0 Å². The van der Waals surface area contributed by atoms with Gasteiger partial charge in [-0.1, -0.05) is 52.8 Å². The Balaban J connectivity index is 1.67. The minimum atomic E-state index is -1.27. The zero-order valence-electron chi connectivity index (χ0n) is 22.5. The van der Waals surface area contributed by atoms with Crippen molar-refractivity contribution in [3.8, 4) is 0 Å². The Kier molecular flexibility index (Phi) is 5.26. The summed E-state index contributed by atoms with van der Waals surface area (Å²) in [6.07, 6.45) is 6.76. The van der Waals surface area contributed by atoms with Crippen LogP contribution >= 0.6 is 0 Å². The molecule has 5 nitrogen and oxygen atoms in total. The lowest BCUT2D eigenvalue weighted by Crippen LogP contribution is -2.69. The third-order valence-electron chi connectivity index (χ3n) is 12.9. The van der Waals surface area contributed by atoms with Gasteiger partial charge < -0.3 is 20.4 Å². The van der Waals surface area contributed by atoms with Crippen molar-refractivity contribution in [1.29, 1.82) is 0 Å². The number of fused-ring (bicyclic) bond motifs is 7. The van der Waals surface area contributed by atoms with Gasteiger partial charge in [0.25, 0.3) is 0 Å². The molecule has 0 radical (unpaired) electrons. The van der Waals surface area contributed by atoms with E-state index in [0.717, 1.165) is 36.8 Å². The zero-order valence-corrected chi connectivity index (χ0v) is 22.5. The van der Waals surface area contributed by atoms with Gasteiger partial charge in [-0.2, -0.15) is 0 Å². The second-order valence-corrected chi connectivity index (χ2v) is 14.5. The van der Waals surface area contributed by atoms with E-state index in [9.17, 15) is 25.2 Å². The summed E-state index contributed by atoms with van der Waals surface area (Å²) < 4.78 is 0. The summed E-state index contributed by atoms with van der Waals surface area (Å²) in [4.78, 5) is 12.8. The molecule has 4 N–H and O–H groups in total. The minimum Gasteiger partial charge on any atom is -0.481 e. The normalized spacial score (nSPS) is 55.1. The van der Waals surface area contributed by atoms with Crippen LogP contribution in [0.3, 0.4) is 0 Å². The van der Waals surface area contributed by atoms with E-state index in [4.69, 9.17) is 0 Å². The summed E-state index contributed by atoms with van der Waals surface area (Å²) in [5.74, 6) is -0.977. The van der Waals surface area contributed by atoms with Crippen LogP contribution in [-0.4, -0.2) is 44.2 Å². The van der Waals surface area contributed by atoms with Gasteiger partial charge in [-0.05, 0) is 97.4 Å². The molecule has 4 fully saturated rings. The number of aliphatic carboxylic acids is 1. The van der Waals surface area contributed by atoms with Crippen LogP contribution in [0.2, 0.25) is 0 Å². The highest BCUT2D eigenvalue weighted by atomic mass is 16.4. The molecule has 10 atom stereocenters. The standard InChI is InChI=1S/C30H46O5/c1-17-10-13-30(24(33)34)15-14-27(5)18(22(30)29(17,7)35)8-9-20-26(4)12-11-21(32)25(2,3)23(26)19(31)16-28(20,27)6/h8,19-23,31-32,35H,1,9-16H2,2-7H3,(H,33,34)/t19-,20-,21+,22-,23+,26-,27-,28-,29-,30+/m1/s1. The highest BCUT2D eigenvalue weighted by molar-refractivity contribution is 5.77.